The highest BCUT2D eigenvalue weighted by atomic mass is 32.2. The van der Waals surface area contributed by atoms with Gasteiger partial charge in [-0.3, -0.25) is 14.2 Å². The van der Waals surface area contributed by atoms with Crippen LogP contribution in [0.2, 0.25) is 0 Å². The number of para-hydroxylation sites is 2. The first-order valence-electron chi connectivity index (χ1n) is 11.1. The number of ether oxygens (including phenoxy) is 1. The van der Waals surface area contributed by atoms with Gasteiger partial charge in [-0.15, -0.1) is 0 Å². The summed E-state index contributed by atoms with van der Waals surface area (Å²) in [5.41, 5.74) is 2.99. The molecule has 0 atom stereocenters. The van der Waals surface area contributed by atoms with Crippen LogP contribution in [-0.4, -0.2) is 38.3 Å². The molecule has 1 amide bonds. The Balaban J connectivity index is 1.38. The normalized spacial score (nSPS) is 11.4. The number of amides is 1. The van der Waals surface area contributed by atoms with Crippen LogP contribution in [0.4, 0.5) is 5.13 Å². The van der Waals surface area contributed by atoms with E-state index in [1.165, 1.54) is 27.7 Å². The first kappa shape index (κ1) is 22.3. The molecule has 0 radical (unpaired) electrons. The van der Waals surface area contributed by atoms with Gasteiger partial charge in [0.1, 0.15) is 16.8 Å². The van der Waals surface area contributed by atoms with E-state index >= 15 is 0 Å². The van der Waals surface area contributed by atoms with E-state index in [-0.39, 0.29) is 17.2 Å². The molecule has 6 aromatic rings. The molecule has 0 unspecified atom stereocenters. The molecule has 0 saturated carbocycles. The van der Waals surface area contributed by atoms with Crippen LogP contribution in [-0.2, 0) is 4.79 Å². The van der Waals surface area contributed by atoms with Crippen LogP contribution < -0.4 is 15.6 Å². The van der Waals surface area contributed by atoms with Crippen molar-refractivity contribution in [1.82, 2.24) is 19.5 Å². The summed E-state index contributed by atoms with van der Waals surface area (Å²) in [5.74, 6) is 0.436. The molecule has 3 heterocycles. The SMILES string of the molecule is COc1cccc(-n2c(SCC(=O)Nc3nc4ccccc4s3)nc3c([nH]c4ccccc43)c2=O)c1. The largest absolute Gasteiger partial charge is 0.497 e. The standard InChI is InChI=1S/C26H19N5O3S2/c1-34-16-8-6-7-15(13-16)31-24(33)23-22(17-9-2-3-10-18(17)27-23)30-26(31)35-14-21(32)29-25-28-19-11-4-5-12-20(19)36-25/h2-13,27H,14H2,1H3,(H,28,29,32). The Morgan fingerprint density at radius 2 is 1.92 bits per heavy atom. The Bertz CT molecular complexity index is 1790. The molecule has 0 bridgehead atoms. The van der Waals surface area contributed by atoms with E-state index in [9.17, 15) is 9.59 Å². The first-order valence-corrected chi connectivity index (χ1v) is 12.9. The number of aromatic amines is 1. The minimum Gasteiger partial charge on any atom is -0.497 e. The molecular formula is C26H19N5O3S2. The minimum absolute atomic E-state index is 0.0557. The molecule has 0 aliphatic carbocycles. The lowest BCUT2D eigenvalue weighted by Crippen LogP contribution is -2.23. The van der Waals surface area contributed by atoms with E-state index in [1.807, 2.05) is 66.7 Å². The molecule has 10 heteroatoms. The second kappa shape index (κ2) is 9.14. The molecule has 6 rings (SSSR count). The van der Waals surface area contributed by atoms with Crippen molar-refractivity contribution in [1.29, 1.82) is 0 Å². The van der Waals surface area contributed by atoms with Crippen molar-refractivity contribution in [3.63, 3.8) is 0 Å². The summed E-state index contributed by atoms with van der Waals surface area (Å²) in [4.78, 5) is 39.0. The Morgan fingerprint density at radius 3 is 2.78 bits per heavy atom. The van der Waals surface area contributed by atoms with E-state index < -0.39 is 0 Å². The maximum Gasteiger partial charge on any atom is 0.283 e. The number of hydrogen-bond donors (Lipinski definition) is 2. The van der Waals surface area contributed by atoms with Crippen LogP contribution in [0.25, 0.3) is 37.8 Å². The van der Waals surface area contributed by atoms with Crippen molar-refractivity contribution in [2.45, 2.75) is 5.16 Å². The van der Waals surface area contributed by atoms with Gasteiger partial charge in [0.05, 0.1) is 28.8 Å². The fraction of sp³-hybridized carbons (Fsp3) is 0.0769. The number of rotatable bonds is 6. The summed E-state index contributed by atoms with van der Waals surface area (Å²) in [6, 6.07) is 22.5. The number of carbonyl (C=O) groups excluding carboxylic acids is 1. The van der Waals surface area contributed by atoms with Crippen LogP contribution in [0.1, 0.15) is 0 Å². The fourth-order valence-electron chi connectivity index (χ4n) is 4.03. The number of thioether (sulfide) groups is 1. The molecule has 3 aromatic heterocycles. The number of carbonyl (C=O) groups is 1. The average molecular weight is 514 g/mol. The predicted octanol–water partition coefficient (Wildman–Crippen LogP) is 5.22. The summed E-state index contributed by atoms with van der Waals surface area (Å²) in [5, 5.41) is 4.65. The number of nitrogens with zero attached hydrogens (tertiary/aromatic N) is 3. The number of fused-ring (bicyclic) bond motifs is 4. The lowest BCUT2D eigenvalue weighted by atomic mass is 10.2. The van der Waals surface area contributed by atoms with E-state index in [4.69, 9.17) is 9.72 Å². The Morgan fingerprint density at radius 1 is 1.08 bits per heavy atom. The summed E-state index contributed by atoms with van der Waals surface area (Å²) >= 11 is 2.61. The highest BCUT2D eigenvalue weighted by Crippen LogP contribution is 2.28. The molecule has 0 aliphatic rings. The zero-order valence-corrected chi connectivity index (χ0v) is 20.7. The summed E-state index contributed by atoms with van der Waals surface area (Å²) in [6.45, 7) is 0. The zero-order chi connectivity index (χ0) is 24.6. The number of hydrogen-bond acceptors (Lipinski definition) is 7. The number of aromatic nitrogens is 4. The summed E-state index contributed by atoms with van der Waals surface area (Å²) in [6.07, 6.45) is 0. The number of nitrogens with one attached hydrogen (secondary N) is 2. The van der Waals surface area contributed by atoms with Crippen molar-refractivity contribution in [2.75, 3.05) is 18.2 Å². The number of benzene rings is 3. The molecule has 3 aromatic carbocycles. The van der Waals surface area contributed by atoms with Crippen molar-refractivity contribution in [2.24, 2.45) is 0 Å². The molecule has 0 saturated heterocycles. The van der Waals surface area contributed by atoms with Crippen LogP contribution in [0, 0.1) is 0 Å². The van der Waals surface area contributed by atoms with Gasteiger partial charge in [-0.25, -0.2) is 9.97 Å². The lowest BCUT2D eigenvalue weighted by Gasteiger charge is -2.13. The van der Waals surface area contributed by atoms with Crippen molar-refractivity contribution in [3.05, 3.63) is 83.2 Å². The molecule has 36 heavy (non-hydrogen) atoms. The lowest BCUT2D eigenvalue weighted by molar-refractivity contribution is -0.113. The first-order chi connectivity index (χ1) is 17.6. The van der Waals surface area contributed by atoms with E-state index in [0.717, 1.165) is 21.1 Å². The van der Waals surface area contributed by atoms with Crippen molar-refractivity contribution >= 4 is 66.3 Å². The smallest absolute Gasteiger partial charge is 0.283 e. The van der Waals surface area contributed by atoms with Gasteiger partial charge in [0.15, 0.2) is 10.3 Å². The average Bonchev–Trinajstić information content (AvgIpc) is 3.48. The molecule has 178 valence electrons. The number of anilines is 1. The van der Waals surface area contributed by atoms with Crippen LogP contribution >= 0.6 is 23.1 Å². The van der Waals surface area contributed by atoms with Gasteiger partial charge < -0.3 is 15.0 Å². The molecule has 2 N–H and O–H groups in total. The highest BCUT2D eigenvalue weighted by molar-refractivity contribution is 7.99. The van der Waals surface area contributed by atoms with Crippen LogP contribution in [0.5, 0.6) is 5.75 Å². The third kappa shape index (κ3) is 4.00. The maximum atomic E-state index is 13.7. The molecule has 0 spiro atoms. The second-order valence-corrected chi connectivity index (χ2v) is 9.93. The quantitative estimate of drug-likeness (QED) is 0.234. The van der Waals surface area contributed by atoms with Crippen LogP contribution in [0.3, 0.4) is 0 Å². The van der Waals surface area contributed by atoms with Crippen LogP contribution in [0.15, 0.2) is 82.7 Å². The molecule has 0 fully saturated rings. The van der Waals surface area contributed by atoms with Gasteiger partial charge in [-0.2, -0.15) is 0 Å². The number of thiazole rings is 1. The van der Waals surface area contributed by atoms with Gasteiger partial charge in [0, 0.05) is 17.0 Å². The van der Waals surface area contributed by atoms with Crippen molar-refractivity contribution < 1.29 is 9.53 Å². The second-order valence-electron chi connectivity index (χ2n) is 7.95. The third-order valence-electron chi connectivity index (χ3n) is 5.68. The monoisotopic (exact) mass is 513 g/mol. The van der Waals surface area contributed by atoms with Gasteiger partial charge in [-0.05, 0) is 30.3 Å². The maximum absolute atomic E-state index is 13.7. The van der Waals surface area contributed by atoms with Gasteiger partial charge in [-0.1, -0.05) is 59.5 Å². The third-order valence-corrected chi connectivity index (χ3v) is 7.57. The Hall–Kier alpha value is -4.15. The zero-order valence-electron chi connectivity index (χ0n) is 19.0. The van der Waals surface area contributed by atoms with Crippen molar-refractivity contribution in [3.8, 4) is 11.4 Å². The Kier molecular flexibility index (Phi) is 5.67. The number of H-pyrrole nitrogens is 1. The van der Waals surface area contributed by atoms with E-state index in [0.29, 0.717) is 32.8 Å². The fourth-order valence-corrected chi connectivity index (χ4v) is 5.72. The predicted molar refractivity (Wildman–Crippen MR) is 145 cm³/mol. The number of methoxy groups -OCH3 is 1. The van der Waals surface area contributed by atoms with Gasteiger partial charge >= 0.3 is 0 Å². The highest BCUT2D eigenvalue weighted by Gasteiger charge is 2.19. The van der Waals surface area contributed by atoms with E-state index in [2.05, 4.69) is 15.3 Å². The summed E-state index contributed by atoms with van der Waals surface area (Å²) < 4.78 is 7.87. The van der Waals surface area contributed by atoms with E-state index in [1.54, 1.807) is 13.2 Å². The van der Waals surface area contributed by atoms with Gasteiger partial charge in [0.2, 0.25) is 5.91 Å². The summed E-state index contributed by atoms with van der Waals surface area (Å²) in [7, 11) is 1.57. The Labute approximate surface area is 213 Å². The molecule has 8 nitrogen and oxygen atoms in total. The molecular weight excluding hydrogens is 494 g/mol. The molecule has 0 aliphatic heterocycles. The van der Waals surface area contributed by atoms with Gasteiger partial charge in [0.25, 0.3) is 5.56 Å². The topological polar surface area (TPSA) is 102 Å². The minimum atomic E-state index is -0.251.